The van der Waals surface area contributed by atoms with Crippen molar-refractivity contribution in [2.45, 2.75) is 36.0 Å². The van der Waals surface area contributed by atoms with Gasteiger partial charge in [-0.1, -0.05) is 39.0 Å². The number of hydrogen-bond acceptors (Lipinski definition) is 1. The van der Waals surface area contributed by atoms with Crippen LogP contribution in [0.15, 0.2) is 46.2 Å². The van der Waals surface area contributed by atoms with Gasteiger partial charge in [0.25, 0.3) is 0 Å². The summed E-state index contributed by atoms with van der Waals surface area (Å²) in [7, 11) is -1.03. The maximum atomic E-state index is 9.17. The van der Waals surface area contributed by atoms with Crippen LogP contribution in [-0.2, 0) is 5.41 Å². The predicted octanol–water partition coefficient (Wildman–Crippen LogP) is 5.32. The van der Waals surface area contributed by atoms with E-state index in [9.17, 15) is 0 Å². The number of nitrogens with zero attached hydrogens (tertiary/aromatic N) is 1. The highest BCUT2D eigenvalue weighted by Crippen LogP contribution is 2.67. The van der Waals surface area contributed by atoms with E-state index in [2.05, 4.69) is 69.7 Å². The first-order chi connectivity index (χ1) is 9.75. The Labute approximate surface area is 128 Å². The van der Waals surface area contributed by atoms with Crippen LogP contribution >= 0.6 is 10.0 Å². The van der Waals surface area contributed by atoms with Crippen LogP contribution in [0.2, 0.25) is 0 Å². The molecular formula is C19H21NS. The zero-order valence-electron chi connectivity index (χ0n) is 13.3. The zero-order chi connectivity index (χ0) is 15.4. The Morgan fingerprint density at radius 1 is 0.905 bits per heavy atom. The molecule has 0 saturated carbocycles. The summed E-state index contributed by atoms with van der Waals surface area (Å²) in [4.78, 5) is 2.81. The van der Waals surface area contributed by atoms with E-state index >= 15 is 0 Å². The maximum Gasteiger partial charge on any atom is 0.0992 e. The lowest BCUT2D eigenvalue weighted by Crippen LogP contribution is -2.11. The van der Waals surface area contributed by atoms with Gasteiger partial charge in [0.05, 0.1) is 11.6 Å². The standard InChI is InChI=1S/C19H21NS/c1-19(2,3)14-7-9-16-15-8-6-13(12-20)10-17(15)21(4,5)18(16)11-14/h6-11H,1-5H3. The number of hydrogen-bond donors (Lipinski definition) is 0. The van der Waals surface area contributed by atoms with Crippen molar-refractivity contribution in [2.75, 3.05) is 12.5 Å². The molecule has 0 bridgehead atoms. The van der Waals surface area contributed by atoms with Crippen LogP contribution in [0, 0.1) is 11.3 Å². The average Bonchev–Trinajstić information content (AvgIpc) is 2.66. The highest BCUT2D eigenvalue weighted by atomic mass is 32.3. The molecule has 0 saturated heterocycles. The molecular weight excluding hydrogens is 274 g/mol. The normalized spacial score (nSPS) is 16.8. The molecule has 0 aliphatic carbocycles. The van der Waals surface area contributed by atoms with E-state index in [-0.39, 0.29) is 5.41 Å². The number of nitriles is 1. The van der Waals surface area contributed by atoms with Gasteiger partial charge in [0, 0.05) is 9.79 Å². The first-order valence-electron chi connectivity index (χ1n) is 7.17. The second-order valence-corrected chi connectivity index (χ2v) is 10.6. The van der Waals surface area contributed by atoms with Crippen LogP contribution in [0.5, 0.6) is 0 Å². The highest BCUT2D eigenvalue weighted by molar-refractivity contribution is 8.33. The Bertz CT molecular complexity index is 773. The third kappa shape index (κ3) is 2.08. The molecule has 0 fully saturated rings. The number of benzene rings is 2. The molecule has 0 unspecified atom stereocenters. The lowest BCUT2D eigenvalue weighted by atomic mass is 9.86. The molecule has 1 aliphatic rings. The van der Waals surface area contributed by atoms with E-state index in [4.69, 9.17) is 5.26 Å². The fourth-order valence-electron chi connectivity index (χ4n) is 2.99. The molecule has 0 atom stereocenters. The van der Waals surface area contributed by atoms with Crippen LogP contribution in [0.25, 0.3) is 11.1 Å². The summed E-state index contributed by atoms with van der Waals surface area (Å²) in [6.07, 6.45) is 4.68. The minimum atomic E-state index is -1.03. The van der Waals surface area contributed by atoms with Crippen LogP contribution in [0.1, 0.15) is 31.9 Å². The molecule has 2 aromatic rings. The zero-order valence-corrected chi connectivity index (χ0v) is 14.1. The third-order valence-corrected chi connectivity index (χ3v) is 7.22. The summed E-state index contributed by atoms with van der Waals surface area (Å²) in [5.41, 5.74) is 4.97. The summed E-state index contributed by atoms with van der Waals surface area (Å²) in [6.45, 7) is 6.77. The van der Waals surface area contributed by atoms with E-state index in [1.807, 2.05) is 6.07 Å². The highest BCUT2D eigenvalue weighted by Gasteiger charge is 2.32. The van der Waals surface area contributed by atoms with Crippen molar-refractivity contribution in [3.8, 4) is 17.2 Å². The molecule has 0 amide bonds. The van der Waals surface area contributed by atoms with Gasteiger partial charge < -0.3 is 0 Å². The van der Waals surface area contributed by atoms with Gasteiger partial charge in [0.1, 0.15) is 0 Å². The third-order valence-electron chi connectivity index (χ3n) is 4.35. The van der Waals surface area contributed by atoms with Gasteiger partial charge in [-0.05, 0) is 52.8 Å². The molecule has 1 heterocycles. The molecule has 2 aromatic carbocycles. The maximum absolute atomic E-state index is 9.17. The average molecular weight is 295 g/mol. The van der Waals surface area contributed by atoms with E-state index in [1.54, 1.807) is 0 Å². The topological polar surface area (TPSA) is 23.8 Å². The van der Waals surface area contributed by atoms with Crippen molar-refractivity contribution < 1.29 is 0 Å². The van der Waals surface area contributed by atoms with Crippen molar-refractivity contribution in [1.29, 1.82) is 5.26 Å². The lowest BCUT2D eigenvalue weighted by molar-refractivity contribution is 0.589. The van der Waals surface area contributed by atoms with Gasteiger partial charge in [-0.15, -0.1) is 0 Å². The van der Waals surface area contributed by atoms with Crippen molar-refractivity contribution in [2.24, 2.45) is 0 Å². The molecule has 1 aliphatic heterocycles. The summed E-state index contributed by atoms with van der Waals surface area (Å²) in [5, 5.41) is 9.17. The Balaban J connectivity index is 2.26. The van der Waals surface area contributed by atoms with E-state index < -0.39 is 10.0 Å². The summed E-state index contributed by atoms with van der Waals surface area (Å²) in [5.74, 6) is 0. The van der Waals surface area contributed by atoms with Crippen molar-refractivity contribution in [3.63, 3.8) is 0 Å². The van der Waals surface area contributed by atoms with Crippen LogP contribution in [-0.4, -0.2) is 12.5 Å². The quantitative estimate of drug-likeness (QED) is 0.645. The second kappa shape index (κ2) is 4.39. The van der Waals surface area contributed by atoms with Gasteiger partial charge in [0.2, 0.25) is 0 Å². The summed E-state index contributed by atoms with van der Waals surface area (Å²) < 4.78 is 0. The molecule has 0 spiro atoms. The molecule has 0 aromatic heterocycles. The Morgan fingerprint density at radius 3 is 2.05 bits per heavy atom. The first-order valence-corrected chi connectivity index (χ1v) is 9.62. The fraction of sp³-hybridized carbons (Fsp3) is 0.316. The lowest BCUT2D eigenvalue weighted by Gasteiger charge is -2.30. The van der Waals surface area contributed by atoms with Crippen molar-refractivity contribution in [3.05, 3.63) is 47.5 Å². The van der Waals surface area contributed by atoms with E-state index in [1.165, 1.54) is 26.5 Å². The monoisotopic (exact) mass is 295 g/mol. The van der Waals surface area contributed by atoms with Crippen LogP contribution in [0.3, 0.4) is 0 Å². The fourth-order valence-corrected chi connectivity index (χ4v) is 5.52. The molecule has 1 nitrogen and oxygen atoms in total. The number of rotatable bonds is 0. The Hall–Kier alpha value is -1.72. The molecule has 0 radical (unpaired) electrons. The Kier molecular flexibility index (Phi) is 2.97. The number of fused-ring (bicyclic) bond motifs is 3. The van der Waals surface area contributed by atoms with Gasteiger partial charge in [-0.25, -0.2) is 0 Å². The summed E-state index contributed by atoms with van der Waals surface area (Å²) in [6, 6.07) is 15.3. The van der Waals surface area contributed by atoms with Gasteiger partial charge in [-0.2, -0.15) is 15.3 Å². The molecule has 0 N–H and O–H groups in total. The van der Waals surface area contributed by atoms with E-state index in [0.717, 1.165) is 5.56 Å². The van der Waals surface area contributed by atoms with Gasteiger partial charge >= 0.3 is 0 Å². The van der Waals surface area contributed by atoms with Crippen molar-refractivity contribution >= 4 is 10.0 Å². The SMILES string of the molecule is CC(C)(C)c1ccc2c(c1)S(C)(C)c1cc(C#N)ccc1-2. The largest absolute Gasteiger partial charge is 0.192 e. The van der Waals surface area contributed by atoms with Gasteiger partial charge in [0.15, 0.2) is 0 Å². The molecule has 108 valence electrons. The first kappa shape index (κ1) is 14.2. The van der Waals surface area contributed by atoms with Gasteiger partial charge in [-0.3, -0.25) is 0 Å². The smallest absolute Gasteiger partial charge is 0.0992 e. The van der Waals surface area contributed by atoms with Crippen LogP contribution < -0.4 is 0 Å². The molecule has 2 heteroatoms. The second-order valence-electron chi connectivity index (χ2n) is 7.11. The van der Waals surface area contributed by atoms with Crippen LogP contribution in [0.4, 0.5) is 0 Å². The van der Waals surface area contributed by atoms with Crippen molar-refractivity contribution in [1.82, 2.24) is 0 Å². The molecule has 21 heavy (non-hydrogen) atoms. The summed E-state index contributed by atoms with van der Waals surface area (Å²) >= 11 is 0. The predicted molar refractivity (Wildman–Crippen MR) is 91.3 cm³/mol. The minimum Gasteiger partial charge on any atom is -0.192 e. The molecule has 3 rings (SSSR count). The minimum absolute atomic E-state index is 0.164. The van der Waals surface area contributed by atoms with E-state index in [0.29, 0.717) is 0 Å². The Morgan fingerprint density at radius 2 is 1.48 bits per heavy atom.